The SMILES string of the molecule is CC(C)(C)c1ccc2c(c1)S(=O)(=O)C(C)(C)CN2. The third-order valence-corrected chi connectivity index (χ3v) is 6.09. The molecule has 3 nitrogen and oxygen atoms in total. The highest BCUT2D eigenvalue weighted by Gasteiger charge is 2.41. The van der Waals surface area contributed by atoms with Crippen molar-refractivity contribution in [1.29, 1.82) is 0 Å². The zero-order valence-corrected chi connectivity index (χ0v) is 12.5. The van der Waals surface area contributed by atoms with E-state index >= 15 is 0 Å². The summed E-state index contributed by atoms with van der Waals surface area (Å²) < 4.78 is 24.4. The summed E-state index contributed by atoms with van der Waals surface area (Å²) in [5.41, 5.74) is 1.72. The molecule has 0 radical (unpaired) electrons. The fourth-order valence-corrected chi connectivity index (χ4v) is 3.63. The van der Waals surface area contributed by atoms with Crippen LogP contribution in [0.15, 0.2) is 23.1 Å². The molecule has 2 rings (SSSR count). The summed E-state index contributed by atoms with van der Waals surface area (Å²) in [5, 5.41) is 3.21. The Labute approximate surface area is 110 Å². The molecule has 0 saturated heterocycles. The van der Waals surface area contributed by atoms with Crippen molar-refractivity contribution in [1.82, 2.24) is 0 Å². The number of rotatable bonds is 0. The highest BCUT2D eigenvalue weighted by atomic mass is 32.2. The zero-order valence-electron chi connectivity index (χ0n) is 11.7. The lowest BCUT2D eigenvalue weighted by Gasteiger charge is -2.33. The Kier molecular flexibility index (Phi) is 2.78. The van der Waals surface area contributed by atoms with Gasteiger partial charge in [-0.2, -0.15) is 0 Å². The maximum atomic E-state index is 12.6. The molecule has 0 bridgehead atoms. The highest BCUT2D eigenvalue weighted by Crippen LogP contribution is 2.38. The molecule has 1 aromatic carbocycles. The molecular weight excluding hydrogens is 246 g/mol. The van der Waals surface area contributed by atoms with Gasteiger partial charge >= 0.3 is 0 Å². The van der Waals surface area contributed by atoms with E-state index in [2.05, 4.69) is 26.1 Å². The van der Waals surface area contributed by atoms with Gasteiger partial charge in [0, 0.05) is 6.54 Å². The smallest absolute Gasteiger partial charge is 0.187 e. The number of hydrogen-bond donors (Lipinski definition) is 1. The fraction of sp³-hybridized carbons (Fsp3) is 0.571. The standard InChI is InChI=1S/C14H21NO2S/c1-13(2,3)10-6-7-11-12(8-10)18(16,17)14(4,5)9-15-11/h6-8,15H,9H2,1-5H3. The van der Waals surface area contributed by atoms with Gasteiger partial charge < -0.3 is 5.32 Å². The molecule has 1 aliphatic heterocycles. The van der Waals surface area contributed by atoms with Gasteiger partial charge in [-0.3, -0.25) is 0 Å². The Morgan fingerprint density at radius 1 is 1.22 bits per heavy atom. The molecule has 0 atom stereocenters. The van der Waals surface area contributed by atoms with E-state index in [4.69, 9.17) is 0 Å². The monoisotopic (exact) mass is 267 g/mol. The molecule has 100 valence electrons. The summed E-state index contributed by atoms with van der Waals surface area (Å²) >= 11 is 0. The van der Waals surface area contributed by atoms with Crippen molar-refractivity contribution in [3.8, 4) is 0 Å². The van der Waals surface area contributed by atoms with Crippen LogP contribution in [0.25, 0.3) is 0 Å². The van der Waals surface area contributed by atoms with Crippen LogP contribution in [-0.2, 0) is 15.3 Å². The molecule has 0 saturated carbocycles. The van der Waals surface area contributed by atoms with Crippen molar-refractivity contribution < 1.29 is 8.42 Å². The summed E-state index contributed by atoms with van der Waals surface area (Å²) in [6, 6.07) is 5.70. The topological polar surface area (TPSA) is 46.2 Å². The van der Waals surface area contributed by atoms with Gasteiger partial charge in [-0.05, 0) is 37.0 Å². The van der Waals surface area contributed by atoms with E-state index < -0.39 is 14.6 Å². The van der Waals surface area contributed by atoms with Crippen molar-refractivity contribution in [3.05, 3.63) is 23.8 Å². The van der Waals surface area contributed by atoms with Gasteiger partial charge in [0.2, 0.25) is 0 Å². The maximum absolute atomic E-state index is 12.6. The third-order valence-electron chi connectivity index (χ3n) is 3.57. The first-order valence-electron chi connectivity index (χ1n) is 6.19. The predicted molar refractivity (Wildman–Crippen MR) is 74.9 cm³/mol. The molecule has 18 heavy (non-hydrogen) atoms. The van der Waals surface area contributed by atoms with E-state index in [9.17, 15) is 8.42 Å². The van der Waals surface area contributed by atoms with Gasteiger partial charge in [-0.1, -0.05) is 26.8 Å². The minimum atomic E-state index is -3.27. The fourth-order valence-electron chi connectivity index (χ4n) is 2.06. The summed E-state index contributed by atoms with van der Waals surface area (Å²) in [4.78, 5) is 0.436. The molecule has 0 aromatic heterocycles. The zero-order chi connectivity index (χ0) is 13.8. The van der Waals surface area contributed by atoms with Crippen molar-refractivity contribution in [3.63, 3.8) is 0 Å². The molecule has 0 spiro atoms. The largest absolute Gasteiger partial charge is 0.382 e. The molecule has 1 aromatic rings. The number of hydrogen-bond acceptors (Lipinski definition) is 3. The maximum Gasteiger partial charge on any atom is 0.187 e. The van der Waals surface area contributed by atoms with Gasteiger partial charge in [0.05, 0.1) is 15.3 Å². The van der Waals surface area contributed by atoms with Gasteiger partial charge in [-0.25, -0.2) is 8.42 Å². The van der Waals surface area contributed by atoms with E-state index in [1.54, 1.807) is 13.8 Å². The lowest BCUT2D eigenvalue weighted by molar-refractivity contribution is 0.546. The summed E-state index contributed by atoms with van der Waals surface area (Å²) in [6.45, 7) is 10.2. The molecular formula is C14H21NO2S. The van der Waals surface area contributed by atoms with Crippen molar-refractivity contribution in [2.24, 2.45) is 0 Å². The first kappa shape index (κ1) is 13.4. The Bertz CT molecular complexity index is 580. The van der Waals surface area contributed by atoms with Crippen LogP contribution in [0.1, 0.15) is 40.2 Å². The van der Waals surface area contributed by atoms with E-state index in [0.29, 0.717) is 11.4 Å². The van der Waals surface area contributed by atoms with E-state index in [1.165, 1.54) is 0 Å². The van der Waals surface area contributed by atoms with Crippen molar-refractivity contribution >= 4 is 15.5 Å². The van der Waals surface area contributed by atoms with Crippen LogP contribution in [-0.4, -0.2) is 19.7 Å². The molecule has 1 N–H and O–H groups in total. The Morgan fingerprint density at radius 3 is 2.39 bits per heavy atom. The van der Waals surface area contributed by atoms with E-state index in [0.717, 1.165) is 11.3 Å². The van der Waals surface area contributed by atoms with Crippen LogP contribution >= 0.6 is 0 Å². The quantitative estimate of drug-likeness (QED) is 0.786. The second-order valence-electron chi connectivity index (χ2n) is 6.58. The van der Waals surface area contributed by atoms with Gasteiger partial charge in [-0.15, -0.1) is 0 Å². The minimum Gasteiger partial charge on any atom is -0.382 e. The predicted octanol–water partition coefficient (Wildman–Crippen LogP) is 2.96. The third kappa shape index (κ3) is 1.92. The summed E-state index contributed by atoms with van der Waals surface area (Å²) in [6.07, 6.45) is 0. The lowest BCUT2D eigenvalue weighted by Crippen LogP contribution is -2.43. The van der Waals surface area contributed by atoms with Crippen LogP contribution < -0.4 is 5.32 Å². The molecule has 0 amide bonds. The molecule has 1 heterocycles. The molecule has 0 aliphatic carbocycles. The normalized spacial score (nSPS) is 20.9. The molecule has 4 heteroatoms. The highest BCUT2D eigenvalue weighted by molar-refractivity contribution is 7.93. The van der Waals surface area contributed by atoms with Crippen LogP contribution in [0, 0.1) is 0 Å². The number of anilines is 1. The second-order valence-corrected chi connectivity index (χ2v) is 9.13. The van der Waals surface area contributed by atoms with Crippen molar-refractivity contribution in [2.45, 2.75) is 49.7 Å². The van der Waals surface area contributed by atoms with Crippen LogP contribution in [0.4, 0.5) is 5.69 Å². The number of sulfone groups is 1. The van der Waals surface area contributed by atoms with E-state index in [1.807, 2.05) is 18.2 Å². The van der Waals surface area contributed by atoms with Crippen LogP contribution in [0.2, 0.25) is 0 Å². The van der Waals surface area contributed by atoms with Gasteiger partial charge in [0.15, 0.2) is 9.84 Å². The summed E-state index contributed by atoms with van der Waals surface area (Å²) in [5.74, 6) is 0. The van der Waals surface area contributed by atoms with Gasteiger partial charge in [0.1, 0.15) is 0 Å². The first-order valence-corrected chi connectivity index (χ1v) is 7.67. The number of benzene rings is 1. The molecule has 0 unspecified atom stereocenters. The molecule has 0 fully saturated rings. The Balaban J connectivity index is 2.67. The first-order chi connectivity index (χ1) is 8.06. The second kappa shape index (κ2) is 3.73. The average Bonchev–Trinajstić information content (AvgIpc) is 2.23. The van der Waals surface area contributed by atoms with Crippen LogP contribution in [0.5, 0.6) is 0 Å². The lowest BCUT2D eigenvalue weighted by atomic mass is 9.87. The van der Waals surface area contributed by atoms with Crippen LogP contribution in [0.3, 0.4) is 0 Å². The summed E-state index contributed by atoms with van der Waals surface area (Å²) in [7, 11) is -3.27. The average molecular weight is 267 g/mol. The van der Waals surface area contributed by atoms with Gasteiger partial charge in [0.25, 0.3) is 0 Å². The number of nitrogens with one attached hydrogen (secondary N) is 1. The van der Waals surface area contributed by atoms with E-state index in [-0.39, 0.29) is 5.41 Å². The number of fused-ring (bicyclic) bond motifs is 1. The Hall–Kier alpha value is -1.03. The Morgan fingerprint density at radius 2 is 1.83 bits per heavy atom. The minimum absolute atomic E-state index is 0.0495. The van der Waals surface area contributed by atoms with Crippen molar-refractivity contribution in [2.75, 3.05) is 11.9 Å². The molecule has 1 aliphatic rings.